The average Bonchev–Trinajstić information content (AvgIpc) is 3.89. The van der Waals surface area contributed by atoms with E-state index < -0.39 is 0 Å². The summed E-state index contributed by atoms with van der Waals surface area (Å²) in [6, 6.07) is 63.4. The molecule has 8 aromatic carbocycles. The van der Waals surface area contributed by atoms with Crippen LogP contribution >= 0.6 is 0 Å². The lowest BCUT2D eigenvalue weighted by Gasteiger charge is -2.14. The highest BCUT2D eigenvalue weighted by Crippen LogP contribution is 2.42. The minimum Gasteiger partial charge on any atom is -0.310 e. The van der Waals surface area contributed by atoms with E-state index >= 15 is 0 Å². The van der Waals surface area contributed by atoms with Crippen molar-refractivity contribution < 1.29 is 0 Å². The second kappa shape index (κ2) is 11.8. The van der Waals surface area contributed by atoms with Gasteiger partial charge in [-0.2, -0.15) is 5.26 Å². The number of hydrogen-bond donors (Lipinski definition) is 0. The highest BCUT2D eigenvalue weighted by atomic mass is 15.0. The highest BCUT2D eigenvalue weighted by Gasteiger charge is 2.21. The zero-order valence-electron chi connectivity index (χ0n) is 29.5. The topological polar surface area (TPSA) is 42.9 Å². The summed E-state index contributed by atoms with van der Waals surface area (Å²) in [6.07, 6.45) is 0. The molecule has 5 nitrogen and oxygen atoms in total. The predicted octanol–water partition coefficient (Wildman–Crippen LogP) is 13.1. The molecule has 0 aliphatic rings. The van der Waals surface area contributed by atoms with Crippen LogP contribution in [0.1, 0.15) is 5.56 Å². The molecule has 0 aliphatic carbocycles. The van der Waals surface area contributed by atoms with Gasteiger partial charge in [0.2, 0.25) is 0 Å². The standard InChI is InChI=1S/C50H29N5/c1-52-42-30-35(25-26-36(42)33-12-10-13-34(29-33)53-43-18-6-2-14-37(43)38-15-3-7-19-44(38)53)54-47-27-24-32(31-51)28-41(47)50-48(54)22-11-23-49(50)55-45-20-8-4-16-39(45)40-17-5-9-21-46(40)55/h2-30H. The van der Waals surface area contributed by atoms with Gasteiger partial charge < -0.3 is 13.7 Å². The van der Waals surface area contributed by atoms with E-state index in [1.807, 2.05) is 24.3 Å². The van der Waals surface area contributed by atoms with Crippen LogP contribution in [0.5, 0.6) is 0 Å². The summed E-state index contributed by atoms with van der Waals surface area (Å²) in [5, 5.41) is 16.9. The first-order chi connectivity index (χ1) is 27.2. The molecule has 3 aromatic heterocycles. The summed E-state index contributed by atoms with van der Waals surface area (Å²) in [6.45, 7) is 8.40. The molecule has 0 radical (unpaired) electrons. The summed E-state index contributed by atoms with van der Waals surface area (Å²) in [5.74, 6) is 0. The Balaban J connectivity index is 1.12. The zero-order valence-corrected chi connectivity index (χ0v) is 29.5. The summed E-state index contributed by atoms with van der Waals surface area (Å²) in [5.41, 5.74) is 12.5. The molecule has 0 saturated heterocycles. The minimum atomic E-state index is 0.569. The first kappa shape index (κ1) is 30.7. The summed E-state index contributed by atoms with van der Waals surface area (Å²) in [4.78, 5) is 4.11. The van der Waals surface area contributed by atoms with Gasteiger partial charge in [0.15, 0.2) is 5.69 Å². The van der Waals surface area contributed by atoms with Crippen molar-refractivity contribution in [3.05, 3.63) is 193 Å². The average molecular weight is 700 g/mol. The van der Waals surface area contributed by atoms with Gasteiger partial charge in [0.1, 0.15) is 0 Å². The molecular weight excluding hydrogens is 671 g/mol. The van der Waals surface area contributed by atoms with E-state index in [-0.39, 0.29) is 0 Å². The lowest BCUT2D eigenvalue weighted by Crippen LogP contribution is -1.97. The SMILES string of the molecule is [C-]#[N+]c1cc(-n2c3ccc(C#N)cc3c3c(-n4c5ccccc5c5ccccc54)cccc32)ccc1-c1cccc(-n2c3ccccc3c3ccccc32)c1. The molecule has 0 fully saturated rings. The maximum atomic E-state index is 10.0. The van der Waals surface area contributed by atoms with E-state index in [0.717, 1.165) is 72.1 Å². The molecule has 5 heteroatoms. The van der Waals surface area contributed by atoms with Gasteiger partial charge in [-0.15, -0.1) is 0 Å². The number of hydrogen-bond acceptors (Lipinski definition) is 1. The Hall–Kier alpha value is -7.86. The number of para-hydroxylation sites is 4. The van der Waals surface area contributed by atoms with Crippen LogP contribution in [0.3, 0.4) is 0 Å². The van der Waals surface area contributed by atoms with Crippen LogP contribution in [0, 0.1) is 17.9 Å². The van der Waals surface area contributed by atoms with Crippen molar-refractivity contribution >= 4 is 71.1 Å². The van der Waals surface area contributed by atoms with Gasteiger partial charge in [-0.3, -0.25) is 0 Å². The second-order valence-electron chi connectivity index (χ2n) is 14.0. The highest BCUT2D eigenvalue weighted by molar-refractivity contribution is 6.17. The van der Waals surface area contributed by atoms with Crippen molar-refractivity contribution in [2.75, 3.05) is 0 Å². The quantitative estimate of drug-likeness (QED) is 0.169. The molecule has 3 heterocycles. The normalized spacial score (nSPS) is 11.6. The van der Waals surface area contributed by atoms with E-state index in [1.54, 1.807) is 0 Å². The molecule has 11 aromatic rings. The number of nitrogens with zero attached hydrogens (tertiary/aromatic N) is 5. The van der Waals surface area contributed by atoms with Gasteiger partial charge in [-0.1, -0.05) is 97.1 Å². The van der Waals surface area contributed by atoms with Crippen LogP contribution in [-0.4, -0.2) is 13.7 Å². The summed E-state index contributed by atoms with van der Waals surface area (Å²) >= 11 is 0. The Kier molecular flexibility index (Phi) is 6.61. The van der Waals surface area contributed by atoms with Crippen LogP contribution in [-0.2, 0) is 0 Å². The summed E-state index contributed by atoms with van der Waals surface area (Å²) in [7, 11) is 0. The van der Waals surface area contributed by atoms with Crippen molar-refractivity contribution in [1.82, 2.24) is 13.7 Å². The fourth-order valence-electron chi connectivity index (χ4n) is 8.78. The Morgan fingerprint density at radius 3 is 1.58 bits per heavy atom. The van der Waals surface area contributed by atoms with Crippen LogP contribution in [0.15, 0.2) is 176 Å². The molecular formula is C50H29N5. The van der Waals surface area contributed by atoms with Crippen molar-refractivity contribution in [3.63, 3.8) is 0 Å². The molecule has 0 spiro atoms. The third-order valence-corrected chi connectivity index (χ3v) is 11.1. The first-order valence-corrected chi connectivity index (χ1v) is 18.3. The lowest BCUT2D eigenvalue weighted by molar-refractivity contribution is 1.17. The smallest absolute Gasteiger partial charge is 0.196 e. The van der Waals surface area contributed by atoms with E-state index in [2.05, 4.69) is 176 Å². The third kappa shape index (κ3) is 4.45. The number of nitriles is 1. The second-order valence-corrected chi connectivity index (χ2v) is 14.0. The number of rotatable bonds is 4. The Morgan fingerprint density at radius 2 is 0.964 bits per heavy atom. The van der Waals surface area contributed by atoms with Crippen LogP contribution in [0.2, 0.25) is 0 Å². The lowest BCUT2D eigenvalue weighted by atomic mass is 10.0. The van der Waals surface area contributed by atoms with Crippen LogP contribution in [0.25, 0.3) is 98.5 Å². The largest absolute Gasteiger partial charge is 0.310 e. The van der Waals surface area contributed by atoms with Crippen molar-refractivity contribution in [2.24, 2.45) is 0 Å². The fourth-order valence-corrected chi connectivity index (χ4v) is 8.78. The molecule has 0 atom stereocenters. The number of fused-ring (bicyclic) bond motifs is 9. The maximum absolute atomic E-state index is 10.0. The molecule has 0 saturated carbocycles. The van der Waals surface area contributed by atoms with Crippen LogP contribution < -0.4 is 0 Å². The Morgan fingerprint density at radius 1 is 0.436 bits per heavy atom. The monoisotopic (exact) mass is 699 g/mol. The van der Waals surface area contributed by atoms with Gasteiger partial charge in [0.25, 0.3) is 0 Å². The van der Waals surface area contributed by atoms with Crippen molar-refractivity contribution in [3.8, 4) is 34.3 Å². The molecule has 0 amide bonds. The summed E-state index contributed by atoms with van der Waals surface area (Å²) < 4.78 is 6.88. The fraction of sp³-hybridized carbons (Fsp3) is 0. The first-order valence-electron chi connectivity index (χ1n) is 18.3. The number of aromatic nitrogens is 3. The molecule has 0 unspecified atom stereocenters. The maximum Gasteiger partial charge on any atom is 0.196 e. The Labute approximate surface area is 316 Å². The van der Waals surface area contributed by atoms with E-state index in [1.165, 1.54) is 21.5 Å². The molecule has 55 heavy (non-hydrogen) atoms. The van der Waals surface area contributed by atoms with Gasteiger partial charge >= 0.3 is 0 Å². The van der Waals surface area contributed by atoms with Crippen molar-refractivity contribution in [1.29, 1.82) is 5.26 Å². The number of benzene rings is 8. The molecule has 11 rings (SSSR count). The van der Waals surface area contributed by atoms with E-state index in [9.17, 15) is 5.26 Å². The van der Waals surface area contributed by atoms with E-state index in [4.69, 9.17) is 6.57 Å². The van der Waals surface area contributed by atoms with Gasteiger partial charge in [0.05, 0.1) is 57.0 Å². The van der Waals surface area contributed by atoms with Crippen LogP contribution in [0.4, 0.5) is 5.69 Å². The molecule has 0 bridgehead atoms. The third-order valence-electron chi connectivity index (χ3n) is 11.1. The predicted molar refractivity (Wildman–Crippen MR) is 226 cm³/mol. The minimum absolute atomic E-state index is 0.569. The van der Waals surface area contributed by atoms with Gasteiger partial charge in [-0.25, -0.2) is 4.85 Å². The van der Waals surface area contributed by atoms with E-state index in [0.29, 0.717) is 11.3 Å². The molecule has 0 N–H and O–H groups in total. The molecule has 254 valence electrons. The van der Waals surface area contributed by atoms with Gasteiger partial charge in [0, 0.05) is 43.7 Å². The van der Waals surface area contributed by atoms with Gasteiger partial charge in [-0.05, 0) is 90.0 Å². The zero-order chi connectivity index (χ0) is 36.6. The molecule has 0 aliphatic heterocycles. The Bertz CT molecular complexity index is 3360. The van der Waals surface area contributed by atoms with Crippen molar-refractivity contribution in [2.45, 2.75) is 0 Å².